The fourth-order valence-corrected chi connectivity index (χ4v) is 4.13. The Kier molecular flexibility index (Phi) is 4.59. The van der Waals surface area contributed by atoms with Crippen molar-refractivity contribution in [2.45, 2.75) is 44.2 Å². The van der Waals surface area contributed by atoms with Crippen LogP contribution in [0, 0.1) is 5.92 Å². The van der Waals surface area contributed by atoms with Crippen LogP contribution in [0.2, 0.25) is 0 Å². The predicted molar refractivity (Wildman–Crippen MR) is 110 cm³/mol. The van der Waals surface area contributed by atoms with E-state index in [1.165, 1.54) is 0 Å². The van der Waals surface area contributed by atoms with E-state index in [0.29, 0.717) is 12.2 Å². The molecule has 2 aliphatic heterocycles. The quantitative estimate of drug-likeness (QED) is 0.820. The maximum atomic E-state index is 12.7. The Morgan fingerprint density at radius 3 is 2.72 bits per heavy atom. The molecule has 6 nitrogen and oxygen atoms in total. The van der Waals surface area contributed by atoms with E-state index in [0.717, 1.165) is 54.6 Å². The van der Waals surface area contributed by atoms with Crippen molar-refractivity contribution in [3.05, 3.63) is 42.2 Å². The number of hydrogen-bond donors (Lipinski definition) is 1. The number of Topliss-reactive ketones (excluding diaryl/α,β-unsaturated/α-hetero) is 1. The van der Waals surface area contributed by atoms with E-state index in [9.17, 15) is 9.59 Å². The van der Waals surface area contributed by atoms with Crippen LogP contribution in [0.1, 0.15) is 31.2 Å². The first-order valence-electron chi connectivity index (χ1n) is 10.4. The van der Waals surface area contributed by atoms with Gasteiger partial charge >= 0.3 is 0 Å². The maximum absolute atomic E-state index is 12.7. The Hall–Kier alpha value is -2.73. The number of pyridine rings is 1. The summed E-state index contributed by atoms with van der Waals surface area (Å²) in [5.41, 5.74) is 4.12. The number of ketones is 1. The van der Waals surface area contributed by atoms with Crippen LogP contribution in [0.5, 0.6) is 5.75 Å². The number of fused-ring (bicyclic) bond motifs is 1. The van der Waals surface area contributed by atoms with Crippen LogP contribution in [0.4, 0.5) is 5.69 Å². The number of ether oxygens (including phenoxy) is 1. The van der Waals surface area contributed by atoms with Crippen molar-refractivity contribution in [3.63, 3.8) is 0 Å². The molecule has 3 aliphatic rings. The van der Waals surface area contributed by atoms with E-state index in [-0.39, 0.29) is 23.7 Å². The summed E-state index contributed by atoms with van der Waals surface area (Å²) in [6, 6.07) is 8.18. The number of anilines is 1. The molecule has 1 aromatic heterocycles. The molecule has 0 bridgehead atoms. The smallest absolute Gasteiger partial charge is 0.227 e. The maximum Gasteiger partial charge on any atom is 0.227 e. The van der Waals surface area contributed by atoms with Gasteiger partial charge in [0.15, 0.2) is 11.9 Å². The molecule has 5 rings (SSSR count). The summed E-state index contributed by atoms with van der Waals surface area (Å²) in [4.78, 5) is 30.7. The summed E-state index contributed by atoms with van der Waals surface area (Å²) >= 11 is 0. The van der Waals surface area contributed by atoms with Gasteiger partial charge in [0, 0.05) is 36.8 Å². The minimum absolute atomic E-state index is 0.101. The molecule has 1 aliphatic carbocycles. The molecule has 1 aromatic carbocycles. The number of hydrogen-bond acceptors (Lipinski definition) is 5. The molecule has 1 saturated carbocycles. The number of carbonyl (C=O) groups is 2. The van der Waals surface area contributed by atoms with E-state index >= 15 is 0 Å². The zero-order chi connectivity index (χ0) is 20.0. The van der Waals surface area contributed by atoms with Gasteiger partial charge in [-0.15, -0.1) is 0 Å². The van der Waals surface area contributed by atoms with E-state index in [2.05, 4.69) is 16.4 Å². The molecule has 1 unspecified atom stereocenters. The summed E-state index contributed by atoms with van der Waals surface area (Å²) in [6.45, 7) is 0.937. The lowest BCUT2D eigenvalue weighted by Crippen LogP contribution is -2.56. The number of amides is 1. The molecular weight excluding hydrogens is 366 g/mol. The van der Waals surface area contributed by atoms with Crippen molar-refractivity contribution in [1.29, 1.82) is 0 Å². The Morgan fingerprint density at radius 2 is 2.00 bits per heavy atom. The zero-order valence-corrected chi connectivity index (χ0v) is 16.6. The Bertz CT molecular complexity index is 966. The van der Waals surface area contributed by atoms with Crippen LogP contribution in [0.15, 0.2) is 36.7 Å². The van der Waals surface area contributed by atoms with Gasteiger partial charge in [-0.05, 0) is 61.6 Å². The molecular formula is C23H25N3O3. The third-order valence-corrected chi connectivity index (χ3v) is 6.22. The first kappa shape index (κ1) is 18.3. The number of nitrogens with one attached hydrogen (secondary N) is 1. The lowest BCUT2D eigenvalue weighted by atomic mass is 9.95. The van der Waals surface area contributed by atoms with E-state index in [1.54, 1.807) is 11.1 Å². The minimum Gasteiger partial charge on any atom is -0.479 e. The van der Waals surface area contributed by atoms with Gasteiger partial charge in [-0.25, -0.2) is 0 Å². The molecule has 2 aromatic rings. The predicted octanol–water partition coefficient (Wildman–Crippen LogP) is 2.75. The average molecular weight is 391 g/mol. The van der Waals surface area contributed by atoms with Gasteiger partial charge in [-0.2, -0.15) is 0 Å². The second-order valence-electron chi connectivity index (χ2n) is 8.27. The van der Waals surface area contributed by atoms with E-state index in [1.807, 2.05) is 31.4 Å². The second kappa shape index (κ2) is 7.26. The Labute approximate surface area is 170 Å². The second-order valence-corrected chi connectivity index (χ2v) is 8.27. The molecule has 1 N–H and O–H groups in total. The van der Waals surface area contributed by atoms with Crippen LogP contribution >= 0.6 is 0 Å². The van der Waals surface area contributed by atoms with Gasteiger partial charge in [0.2, 0.25) is 5.91 Å². The van der Waals surface area contributed by atoms with E-state index in [4.69, 9.17) is 4.74 Å². The lowest BCUT2D eigenvalue weighted by molar-refractivity contribution is -0.129. The molecule has 150 valence electrons. The molecule has 2 fully saturated rings. The Morgan fingerprint density at radius 1 is 1.17 bits per heavy atom. The third-order valence-electron chi connectivity index (χ3n) is 6.22. The fraction of sp³-hybridized carbons (Fsp3) is 0.435. The van der Waals surface area contributed by atoms with Crippen LogP contribution < -0.4 is 15.0 Å². The summed E-state index contributed by atoms with van der Waals surface area (Å²) in [6.07, 6.45) is 7.27. The first-order chi connectivity index (χ1) is 14.1. The highest BCUT2D eigenvalue weighted by atomic mass is 16.5. The van der Waals surface area contributed by atoms with Gasteiger partial charge in [-0.3, -0.25) is 14.6 Å². The van der Waals surface area contributed by atoms with Gasteiger partial charge in [0.1, 0.15) is 5.75 Å². The van der Waals surface area contributed by atoms with Gasteiger partial charge in [0.05, 0.1) is 12.2 Å². The normalized spacial score (nSPS) is 21.9. The standard InChI is InChI=1S/C23H25N3O3/c1-26-20-6-4-15(10-16(20)5-7-21(26)27)17-11-18(13-24-12-17)29-23(19-8-9-25-19)22(28)14-2-3-14/h4,6,10-14,19,23,25H,2-3,5,7-9H2,1H3/t19?,23-/m0/s1. The van der Waals surface area contributed by atoms with Crippen molar-refractivity contribution in [2.24, 2.45) is 5.92 Å². The number of aryl methyl sites for hydroxylation is 1. The lowest BCUT2D eigenvalue weighted by Gasteiger charge is -2.34. The highest BCUT2D eigenvalue weighted by Crippen LogP contribution is 2.35. The summed E-state index contributed by atoms with van der Waals surface area (Å²) in [5.74, 6) is 1.16. The molecule has 1 saturated heterocycles. The zero-order valence-electron chi connectivity index (χ0n) is 16.6. The van der Waals surface area contributed by atoms with Crippen molar-refractivity contribution < 1.29 is 14.3 Å². The number of benzene rings is 1. The molecule has 2 atom stereocenters. The van der Waals surface area contributed by atoms with Crippen LogP contribution in [-0.4, -0.2) is 42.4 Å². The summed E-state index contributed by atoms with van der Waals surface area (Å²) in [5, 5.41) is 3.32. The molecule has 1 amide bonds. The highest BCUT2D eigenvalue weighted by Gasteiger charge is 2.41. The largest absolute Gasteiger partial charge is 0.479 e. The summed E-state index contributed by atoms with van der Waals surface area (Å²) < 4.78 is 6.16. The van der Waals surface area contributed by atoms with Gasteiger partial charge in [0.25, 0.3) is 0 Å². The number of carbonyl (C=O) groups excluding carboxylic acids is 2. The van der Waals surface area contributed by atoms with Crippen LogP contribution in [-0.2, 0) is 16.0 Å². The van der Waals surface area contributed by atoms with Gasteiger partial charge < -0.3 is 15.0 Å². The molecule has 0 spiro atoms. The molecule has 0 radical (unpaired) electrons. The van der Waals surface area contributed by atoms with Crippen molar-refractivity contribution in [3.8, 4) is 16.9 Å². The minimum atomic E-state index is -0.434. The van der Waals surface area contributed by atoms with Crippen LogP contribution in [0.25, 0.3) is 11.1 Å². The highest BCUT2D eigenvalue weighted by molar-refractivity contribution is 5.96. The first-order valence-corrected chi connectivity index (χ1v) is 10.4. The van der Waals surface area contributed by atoms with Crippen molar-refractivity contribution in [1.82, 2.24) is 10.3 Å². The third kappa shape index (κ3) is 3.53. The van der Waals surface area contributed by atoms with Crippen LogP contribution in [0.3, 0.4) is 0 Å². The molecule has 3 heterocycles. The Balaban J connectivity index is 1.39. The summed E-state index contributed by atoms with van der Waals surface area (Å²) in [7, 11) is 1.82. The topological polar surface area (TPSA) is 71.5 Å². The van der Waals surface area contributed by atoms with Crippen molar-refractivity contribution in [2.75, 3.05) is 18.5 Å². The monoisotopic (exact) mass is 391 g/mol. The van der Waals surface area contributed by atoms with Gasteiger partial charge in [-0.1, -0.05) is 6.07 Å². The molecule has 6 heteroatoms. The number of rotatable bonds is 6. The number of aromatic nitrogens is 1. The fourth-order valence-electron chi connectivity index (χ4n) is 4.13. The van der Waals surface area contributed by atoms with Crippen molar-refractivity contribution >= 4 is 17.4 Å². The SMILES string of the molecule is CN1C(=O)CCc2cc(-c3cncc(O[C@H](C(=O)C4CC4)C4CCN4)c3)ccc21. The number of nitrogens with zero attached hydrogens (tertiary/aromatic N) is 2. The molecule has 29 heavy (non-hydrogen) atoms. The van der Waals surface area contributed by atoms with E-state index < -0.39 is 6.10 Å². The average Bonchev–Trinajstić information content (AvgIpc) is 3.54.